The summed E-state index contributed by atoms with van der Waals surface area (Å²) in [5, 5.41) is 16.8. The van der Waals surface area contributed by atoms with Gasteiger partial charge in [0, 0.05) is 37.3 Å². The molecule has 0 spiro atoms. The van der Waals surface area contributed by atoms with E-state index in [0.29, 0.717) is 24.2 Å². The fraction of sp³-hybridized carbons (Fsp3) is 0.333. The van der Waals surface area contributed by atoms with Crippen molar-refractivity contribution in [3.05, 3.63) is 102 Å². The molecule has 240 valence electrons. The van der Waals surface area contributed by atoms with Crippen LogP contribution < -0.4 is 5.32 Å². The minimum Gasteiger partial charge on any atom is -0.444 e. The standard InChI is InChI=1S/C36H41N5O5/c1-36(2,3)46-35(45)39-20-21-40(29(24-39)23-26-13-7-4-8-14-26)34(44)33-31(27-15-9-5-10-16-27)32(28-17-11-6-12-18-28)38-41(33)25-30(43)37-19-22-42/h4-18,29,42H,19-25H2,1-3H3,(H,37,43)/t29-/m1/s1. The van der Waals surface area contributed by atoms with Crippen LogP contribution in [0.3, 0.4) is 0 Å². The van der Waals surface area contributed by atoms with Crippen molar-refractivity contribution >= 4 is 17.9 Å². The van der Waals surface area contributed by atoms with Crippen molar-refractivity contribution in [1.82, 2.24) is 24.9 Å². The van der Waals surface area contributed by atoms with E-state index in [9.17, 15) is 19.5 Å². The largest absolute Gasteiger partial charge is 0.444 e. The highest BCUT2D eigenvalue weighted by molar-refractivity contribution is 6.03. The zero-order chi connectivity index (χ0) is 32.7. The third kappa shape index (κ3) is 7.81. The molecule has 1 atom stereocenters. The van der Waals surface area contributed by atoms with Crippen molar-refractivity contribution in [3.63, 3.8) is 0 Å². The number of ether oxygens (including phenoxy) is 1. The minimum absolute atomic E-state index is 0.0895. The number of hydrogen-bond donors (Lipinski definition) is 2. The molecule has 46 heavy (non-hydrogen) atoms. The summed E-state index contributed by atoms with van der Waals surface area (Å²) in [6.07, 6.45) is 0.100. The van der Waals surface area contributed by atoms with Gasteiger partial charge in [0.2, 0.25) is 5.91 Å². The molecular formula is C36H41N5O5. The van der Waals surface area contributed by atoms with Gasteiger partial charge in [-0.05, 0) is 38.3 Å². The Bertz CT molecular complexity index is 1630. The average Bonchev–Trinajstić information content (AvgIpc) is 3.42. The number of benzene rings is 3. The van der Waals surface area contributed by atoms with Crippen LogP contribution in [-0.2, 0) is 22.5 Å². The Balaban J connectivity index is 1.60. The molecule has 3 amide bonds. The van der Waals surface area contributed by atoms with E-state index in [4.69, 9.17) is 9.84 Å². The quantitative estimate of drug-likeness (QED) is 0.281. The van der Waals surface area contributed by atoms with E-state index >= 15 is 0 Å². The van der Waals surface area contributed by atoms with Gasteiger partial charge in [-0.1, -0.05) is 91.0 Å². The Morgan fingerprint density at radius 2 is 1.50 bits per heavy atom. The summed E-state index contributed by atoms with van der Waals surface area (Å²) in [7, 11) is 0. The lowest BCUT2D eigenvalue weighted by molar-refractivity contribution is -0.122. The Morgan fingerprint density at radius 1 is 0.891 bits per heavy atom. The lowest BCUT2D eigenvalue weighted by Crippen LogP contribution is -2.58. The summed E-state index contributed by atoms with van der Waals surface area (Å²) >= 11 is 0. The van der Waals surface area contributed by atoms with E-state index in [2.05, 4.69) is 5.32 Å². The number of hydrogen-bond acceptors (Lipinski definition) is 6. The molecule has 1 aliphatic heterocycles. The van der Waals surface area contributed by atoms with Crippen molar-refractivity contribution in [2.24, 2.45) is 0 Å². The molecule has 0 saturated carbocycles. The summed E-state index contributed by atoms with van der Waals surface area (Å²) in [4.78, 5) is 44.5. The second-order valence-electron chi connectivity index (χ2n) is 12.3. The Hall–Kier alpha value is -4.96. The Labute approximate surface area is 269 Å². The second-order valence-corrected chi connectivity index (χ2v) is 12.3. The number of aliphatic hydroxyl groups is 1. The Morgan fingerprint density at radius 3 is 2.11 bits per heavy atom. The molecular weight excluding hydrogens is 582 g/mol. The van der Waals surface area contributed by atoms with Gasteiger partial charge in [-0.2, -0.15) is 5.10 Å². The predicted octanol–water partition coefficient (Wildman–Crippen LogP) is 4.63. The third-order valence-corrected chi connectivity index (χ3v) is 7.70. The summed E-state index contributed by atoms with van der Waals surface area (Å²) in [5.41, 5.74) is 3.46. The highest BCUT2D eigenvalue weighted by Crippen LogP contribution is 2.36. The van der Waals surface area contributed by atoms with Crippen LogP contribution in [0.1, 0.15) is 36.8 Å². The van der Waals surface area contributed by atoms with Crippen LogP contribution in [0, 0.1) is 0 Å². The maximum absolute atomic E-state index is 14.9. The molecule has 3 aromatic carbocycles. The third-order valence-electron chi connectivity index (χ3n) is 7.70. The van der Waals surface area contributed by atoms with E-state index < -0.39 is 11.7 Å². The van der Waals surface area contributed by atoms with E-state index in [1.807, 2.05) is 112 Å². The van der Waals surface area contributed by atoms with Crippen LogP contribution in [0.4, 0.5) is 4.79 Å². The van der Waals surface area contributed by atoms with Gasteiger partial charge in [-0.25, -0.2) is 9.48 Å². The lowest BCUT2D eigenvalue weighted by Gasteiger charge is -2.42. The molecule has 2 N–H and O–H groups in total. The molecule has 10 heteroatoms. The molecule has 0 bridgehead atoms. The van der Waals surface area contributed by atoms with Gasteiger partial charge in [-0.15, -0.1) is 0 Å². The molecule has 10 nitrogen and oxygen atoms in total. The highest BCUT2D eigenvalue weighted by Gasteiger charge is 2.38. The number of carbonyl (C=O) groups is 3. The molecule has 4 aromatic rings. The maximum Gasteiger partial charge on any atom is 0.410 e. The van der Waals surface area contributed by atoms with Crippen LogP contribution in [0.2, 0.25) is 0 Å². The number of nitrogens with zero attached hydrogens (tertiary/aromatic N) is 4. The summed E-state index contributed by atoms with van der Waals surface area (Å²) < 4.78 is 7.16. The number of aliphatic hydroxyl groups excluding tert-OH is 1. The van der Waals surface area contributed by atoms with Gasteiger partial charge in [0.15, 0.2) is 0 Å². The topological polar surface area (TPSA) is 117 Å². The second kappa shape index (κ2) is 14.4. The molecule has 5 rings (SSSR count). The van der Waals surface area contributed by atoms with Crippen LogP contribution >= 0.6 is 0 Å². The summed E-state index contributed by atoms with van der Waals surface area (Å²) in [6, 6.07) is 28.7. The van der Waals surface area contributed by atoms with Gasteiger partial charge in [-0.3, -0.25) is 9.59 Å². The van der Waals surface area contributed by atoms with Crippen molar-refractivity contribution in [3.8, 4) is 22.4 Å². The van der Waals surface area contributed by atoms with E-state index in [1.165, 1.54) is 4.68 Å². The van der Waals surface area contributed by atoms with Gasteiger partial charge in [0.05, 0.1) is 12.6 Å². The Kier molecular flexibility index (Phi) is 10.2. The van der Waals surface area contributed by atoms with Crippen LogP contribution in [0.15, 0.2) is 91.0 Å². The first kappa shape index (κ1) is 32.4. The predicted molar refractivity (Wildman–Crippen MR) is 176 cm³/mol. The summed E-state index contributed by atoms with van der Waals surface area (Å²) in [5.74, 6) is -0.659. The maximum atomic E-state index is 14.9. The van der Waals surface area contributed by atoms with E-state index in [1.54, 1.807) is 9.80 Å². The number of rotatable bonds is 9. The fourth-order valence-corrected chi connectivity index (χ4v) is 5.67. The van der Waals surface area contributed by atoms with Crippen molar-refractivity contribution < 1.29 is 24.2 Å². The molecule has 0 radical (unpaired) electrons. The molecule has 1 aliphatic rings. The zero-order valence-corrected chi connectivity index (χ0v) is 26.6. The van der Waals surface area contributed by atoms with Gasteiger partial charge in [0.25, 0.3) is 5.91 Å². The van der Waals surface area contributed by atoms with E-state index in [-0.39, 0.29) is 56.3 Å². The summed E-state index contributed by atoms with van der Waals surface area (Å²) in [6.45, 7) is 6.02. The smallest absolute Gasteiger partial charge is 0.410 e. The average molecular weight is 624 g/mol. The van der Waals surface area contributed by atoms with Crippen molar-refractivity contribution in [2.45, 2.75) is 45.4 Å². The molecule has 1 fully saturated rings. The zero-order valence-electron chi connectivity index (χ0n) is 26.6. The van der Waals surface area contributed by atoms with Gasteiger partial charge >= 0.3 is 6.09 Å². The normalized spacial score (nSPS) is 15.0. The molecule has 0 unspecified atom stereocenters. The van der Waals surface area contributed by atoms with Crippen LogP contribution in [0.5, 0.6) is 0 Å². The molecule has 0 aliphatic carbocycles. The van der Waals surface area contributed by atoms with E-state index in [0.717, 1.165) is 16.7 Å². The monoisotopic (exact) mass is 623 g/mol. The number of nitrogens with one attached hydrogen (secondary N) is 1. The number of amides is 3. The first-order chi connectivity index (χ1) is 22.1. The van der Waals surface area contributed by atoms with Crippen LogP contribution in [-0.4, -0.2) is 87.0 Å². The minimum atomic E-state index is -0.652. The number of aromatic nitrogens is 2. The lowest BCUT2D eigenvalue weighted by atomic mass is 9.97. The van der Waals surface area contributed by atoms with Crippen LogP contribution in [0.25, 0.3) is 22.4 Å². The first-order valence-corrected chi connectivity index (χ1v) is 15.6. The van der Waals surface area contributed by atoms with Gasteiger partial charge < -0.3 is 25.0 Å². The number of carbonyl (C=O) groups excluding carboxylic acids is 3. The van der Waals surface area contributed by atoms with Crippen molar-refractivity contribution in [1.29, 1.82) is 0 Å². The number of piperazine rings is 1. The molecule has 1 saturated heterocycles. The highest BCUT2D eigenvalue weighted by atomic mass is 16.6. The first-order valence-electron chi connectivity index (χ1n) is 15.6. The SMILES string of the molecule is CC(C)(C)OC(=O)N1CCN(C(=O)c2c(-c3ccccc3)c(-c3ccccc3)nn2CC(=O)NCCO)[C@H](Cc2ccccc2)C1. The van der Waals surface area contributed by atoms with Crippen molar-refractivity contribution in [2.75, 3.05) is 32.8 Å². The molecule has 1 aromatic heterocycles. The van der Waals surface area contributed by atoms with Gasteiger partial charge in [0.1, 0.15) is 23.5 Å². The molecule has 2 heterocycles. The fourth-order valence-electron chi connectivity index (χ4n) is 5.67.